The van der Waals surface area contributed by atoms with Crippen molar-refractivity contribution in [3.8, 4) is 11.5 Å². The van der Waals surface area contributed by atoms with Crippen LogP contribution in [-0.4, -0.2) is 29.3 Å². The van der Waals surface area contributed by atoms with Crippen molar-refractivity contribution in [1.29, 1.82) is 0 Å². The van der Waals surface area contributed by atoms with Gasteiger partial charge in [-0.05, 0) is 61.6 Å². The molecule has 1 heterocycles. The number of aromatic nitrogens is 1. The molecule has 4 rings (SSSR count). The Hall–Kier alpha value is -3.25. The van der Waals surface area contributed by atoms with Gasteiger partial charge in [0.25, 0.3) is 0 Å². The fourth-order valence-corrected chi connectivity index (χ4v) is 4.20. The van der Waals surface area contributed by atoms with Crippen LogP contribution in [0, 0.1) is 0 Å². The molecule has 32 heavy (non-hydrogen) atoms. The summed E-state index contributed by atoms with van der Waals surface area (Å²) < 4.78 is 11.8. The third kappa shape index (κ3) is 4.97. The van der Waals surface area contributed by atoms with Crippen LogP contribution in [0.5, 0.6) is 11.5 Å². The quantitative estimate of drug-likeness (QED) is 0.445. The van der Waals surface area contributed by atoms with Gasteiger partial charge in [0, 0.05) is 36.8 Å². The summed E-state index contributed by atoms with van der Waals surface area (Å²) in [6.07, 6.45) is 8.07. The number of halogens is 1. The summed E-state index contributed by atoms with van der Waals surface area (Å²) in [5.74, 6) is 0.274. The van der Waals surface area contributed by atoms with Crippen LogP contribution in [0.25, 0.3) is 0 Å². The molecule has 166 valence electrons. The minimum atomic E-state index is -0.968. The zero-order valence-corrected chi connectivity index (χ0v) is 18.6. The molecule has 6 nitrogen and oxygen atoms in total. The van der Waals surface area contributed by atoms with E-state index in [1.807, 2.05) is 23.1 Å². The molecule has 7 heteroatoms. The lowest BCUT2D eigenvalue weighted by molar-refractivity contribution is 0.0697. The van der Waals surface area contributed by atoms with Gasteiger partial charge >= 0.3 is 5.97 Å². The Morgan fingerprint density at radius 2 is 1.91 bits per heavy atom. The van der Waals surface area contributed by atoms with Crippen LogP contribution in [0.15, 0.2) is 60.9 Å². The van der Waals surface area contributed by atoms with Gasteiger partial charge in [-0.15, -0.1) is 0 Å². The maximum absolute atomic E-state index is 11.3. The van der Waals surface area contributed by atoms with Gasteiger partial charge in [-0.3, -0.25) is 4.98 Å². The fraction of sp³-hybridized carbons (Fsp3) is 0.280. The van der Waals surface area contributed by atoms with Gasteiger partial charge in [0.1, 0.15) is 0 Å². The second-order valence-electron chi connectivity index (χ2n) is 7.78. The smallest absolute Gasteiger partial charge is 0.335 e. The van der Waals surface area contributed by atoms with E-state index in [1.54, 1.807) is 49.8 Å². The zero-order valence-electron chi connectivity index (χ0n) is 17.8. The molecule has 0 aliphatic heterocycles. The van der Waals surface area contributed by atoms with Crippen molar-refractivity contribution >= 4 is 28.9 Å². The lowest BCUT2D eigenvalue weighted by Crippen LogP contribution is -2.18. The number of hydrogen-bond donors (Lipinski definition) is 1. The van der Waals surface area contributed by atoms with Crippen LogP contribution < -0.4 is 14.4 Å². The summed E-state index contributed by atoms with van der Waals surface area (Å²) >= 11 is 6.70. The van der Waals surface area contributed by atoms with Crippen molar-refractivity contribution in [3.63, 3.8) is 0 Å². The van der Waals surface area contributed by atoms with Crippen molar-refractivity contribution in [3.05, 3.63) is 77.1 Å². The van der Waals surface area contributed by atoms with Crippen molar-refractivity contribution in [2.75, 3.05) is 12.0 Å². The Morgan fingerprint density at radius 1 is 1.16 bits per heavy atom. The summed E-state index contributed by atoms with van der Waals surface area (Å²) in [6, 6.07) is 14.3. The third-order valence-electron chi connectivity index (χ3n) is 5.61. The van der Waals surface area contributed by atoms with E-state index in [1.165, 1.54) is 0 Å². The number of hydrogen-bond acceptors (Lipinski definition) is 5. The first-order valence-corrected chi connectivity index (χ1v) is 11.0. The van der Waals surface area contributed by atoms with Crippen LogP contribution in [0.2, 0.25) is 5.02 Å². The summed E-state index contributed by atoms with van der Waals surface area (Å²) in [6.45, 7) is 0.495. The minimum Gasteiger partial charge on any atom is -0.493 e. The lowest BCUT2D eigenvalue weighted by atomic mass is 10.1. The van der Waals surface area contributed by atoms with Crippen molar-refractivity contribution in [1.82, 2.24) is 4.98 Å². The molecule has 0 unspecified atom stereocenters. The van der Waals surface area contributed by atoms with Crippen LogP contribution in [0.4, 0.5) is 11.4 Å². The van der Waals surface area contributed by atoms with E-state index in [2.05, 4.69) is 4.98 Å². The van der Waals surface area contributed by atoms with E-state index < -0.39 is 5.97 Å². The number of methoxy groups -OCH3 is 1. The molecule has 0 saturated heterocycles. The maximum atomic E-state index is 11.3. The van der Waals surface area contributed by atoms with E-state index in [-0.39, 0.29) is 11.7 Å². The summed E-state index contributed by atoms with van der Waals surface area (Å²) in [5.41, 5.74) is 2.76. The number of anilines is 2. The Bertz CT molecular complexity index is 1070. The Labute approximate surface area is 192 Å². The molecule has 1 aliphatic carbocycles. The molecule has 0 amide bonds. The largest absolute Gasteiger partial charge is 0.493 e. The van der Waals surface area contributed by atoms with E-state index in [4.69, 9.17) is 21.1 Å². The summed E-state index contributed by atoms with van der Waals surface area (Å²) in [7, 11) is 1.60. The molecule has 0 radical (unpaired) electrons. The highest BCUT2D eigenvalue weighted by Gasteiger charge is 2.22. The molecule has 0 spiro atoms. The first-order chi connectivity index (χ1) is 15.5. The molecule has 2 aromatic carbocycles. The number of pyridine rings is 1. The average molecular weight is 453 g/mol. The summed E-state index contributed by atoms with van der Waals surface area (Å²) in [5, 5.41) is 9.77. The van der Waals surface area contributed by atoms with Crippen molar-refractivity contribution in [2.45, 2.75) is 38.3 Å². The number of aromatic carboxylic acids is 1. The zero-order chi connectivity index (χ0) is 22.5. The molecule has 3 aromatic rings. The SMILES string of the molecule is COc1cc(Cl)c(N(Cc2cccnc2)c2ccc(C(=O)O)cc2)cc1OC1CCCC1. The van der Waals surface area contributed by atoms with E-state index >= 15 is 0 Å². The highest BCUT2D eigenvalue weighted by atomic mass is 35.5. The second kappa shape index (κ2) is 9.92. The number of carboxylic acids is 1. The topological polar surface area (TPSA) is 71.9 Å². The Balaban J connectivity index is 1.76. The maximum Gasteiger partial charge on any atom is 0.335 e. The average Bonchev–Trinajstić information content (AvgIpc) is 3.32. The second-order valence-corrected chi connectivity index (χ2v) is 8.19. The molecular formula is C25H25ClN2O4. The van der Waals surface area contributed by atoms with Gasteiger partial charge in [0.05, 0.1) is 29.5 Å². The first-order valence-electron chi connectivity index (χ1n) is 10.6. The fourth-order valence-electron chi connectivity index (χ4n) is 3.94. The van der Waals surface area contributed by atoms with E-state index in [0.29, 0.717) is 23.1 Å². The van der Waals surface area contributed by atoms with Gasteiger partial charge in [0.15, 0.2) is 11.5 Å². The number of ether oxygens (including phenoxy) is 2. The van der Waals surface area contributed by atoms with Gasteiger partial charge < -0.3 is 19.5 Å². The summed E-state index contributed by atoms with van der Waals surface area (Å²) in [4.78, 5) is 17.5. The predicted octanol–water partition coefficient (Wildman–Crippen LogP) is 6.10. The Kier molecular flexibility index (Phi) is 6.81. The van der Waals surface area contributed by atoms with E-state index in [0.717, 1.165) is 42.6 Å². The standard InChI is InChI=1S/C25H25ClN2O4/c1-31-23-13-21(26)22(14-24(23)32-20-6-2-3-7-20)28(16-17-5-4-12-27-15-17)19-10-8-18(9-11-19)25(29)30/h4-5,8-15,20H,2-3,6-7,16H2,1H3,(H,29,30). The molecule has 1 aromatic heterocycles. The monoisotopic (exact) mass is 452 g/mol. The number of rotatable bonds is 8. The normalized spacial score (nSPS) is 13.7. The van der Waals surface area contributed by atoms with Gasteiger partial charge in [-0.2, -0.15) is 0 Å². The predicted molar refractivity (Wildman–Crippen MR) is 124 cm³/mol. The first kappa shape index (κ1) is 22.0. The van der Waals surface area contributed by atoms with Crippen LogP contribution in [0.1, 0.15) is 41.6 Å². The highest BCUT2D eigenvalue weighted by molar-refractivity contribution is 6.33. The highest BCUT2D eigenvalue weighted by Crippen LogP contribution is 2.42. The number of carbonyl (C=O) groups is 1. The lowest BCUT2D eigenvalue weighted by Gasteiger charge is -2.28. The number of benzene rings is 2. The van der Waals surface area contributed by atoms with Crippen molar-refractivity contribution < 1.29 is 19.4 Å². The molecule has 1 saturated carbocycles. The van der Waals surface area contributed by atoms with Crippen LogP contribution in [-0.2, 0) is 6.54 Å². The number of nitrogens with zero attached hydrogens (tertiary/aromatic N) is 2. The van der Waals surface area contributed by atoms with Crippen LogP contribution in [0.3, 0.4) is 0 Å². The molecular weight excluding hydrogens is 428 g/mol. The molecule has 1 N–H and O–H groups in total. The van der Waals surface area contributed by atoms with E-state index in [9.17, 15) is 9.90 Å². The Morgan fingerprint density at radius 3 is 2.53 bits per heavy atom. The van der Waals surface area contributed by atoms with Gasteiger partial charge in [-0.25, -0.2) is 4.79 Å². The van der Waals surface area contributed by atoms with Crippen LogP contribution >= 0.6 is 11.6 Å². The van der Waals surface area contributed by atoms with Crippen molar-refractivity contribution in [2.24, 2.45) is 0 Å². The molecule has 0 atom stereocenters. The van der Waals surface area contributed by atoms with Gasteiger partial charge in [-0.1, -0.05) is 17.7 Å². The minimum absolute atomic E-state index is 0.166. The molecule has 1 aliphatic rings. The third-order valence-corrected chi connectivity index (χ3v) is 5.91. The number of carboxylic acid groups (broad SMARTS) is 1. The molecule has 1 fully saturated rings. The van der Waals surface area contributed by atoms with Gasteiger partial charge in [0.2, 0.25) is 0 Å². The molecule has 0 bridgehead atoms.